The van der Waals surface area contributed by atoms with Gasteiger partial charge >= 0.3 is 0 Å². The third kappa shape index (κ3) is 2.85. The number of fused-ring (bicyclic) bond motifs is 1. The first-order chi connectivity index (χ1) is 10.3. The molecule has 3 rings (SSSR count). The summed E-state index contributed by atoms with van der Waals surface area (Å²) < 4.78 is 0. The molecule has 0 saturated carbocycles. The molecule has 1 aromatic carbocycles. The highest BCUT2D eigenvalue weighted by Gasteiger charge is 2.12. The number of nitrogens with zero attached hydrogens (tertiary/aromatic N) is 3. The molecule has 0 saturated heterocycles. The average Bonchev–Trinajstić information content (AvgIpc) is 3.01. The third-order valence-corrected chi connectivity index (χ3v) is 3.40. The standard InChI is InChI=1S/C14H12ClN5O/c15-13-10-4-2-1-3-9(10)11(7-17-13)14(21)16-6-5-12-18-8-19-20-12/h1-4,7-8H,5-6H2,(H,16,21)(H,18,19,20). The van der Waals surface area contributed by atoms with Gasteiger partial charge in [0.05, 0.1) is 5.56 Å². The molecule has 6 nitrogen and oxygen atoms in total. The molecule has 0 fully saturated rings. The van der Waals surface area contributed by atoms with Crippen LogP contribution >= 0.6 is 11.6 Å². The van der Waals surface area contributed by atoms with Gasteiger partial charge in [-0.15, -0.1) is 0 Å². The number of rotatable bonds is 4. The Kier molecular flexibility index (Phi) is 3.79. The Balaban J connectivity index is 1.77. The second kappa shape index (κ2) is 5.88. The highest BCUT2D eigenvalue weighted by atomic mass is 35.5. The number of hydrogen-bond acceptors (Lipinski definition) is 4. The predicted octanol–water partition coefficient (Wildman–Crippen LogP) is 1.98. The van der Waals surface area contributed by atoms with Crippen molar-refractivity contribution in [1.82, 2.24) is 25.5 Å². The van der Waals surface area contributed by atoms with Crippen LogP contribution in [0, 0.1) is 0 Å². The number of aromatic amines is 1. The Labute approximate surface area is 125 Å². The first-order valence-corrected chi connectivity index (χ1v) is 6.79. The number of benzene rings is 1. The minimum Gasteiger partial charge on any atom is -0.352 e. The van der Waals surface area contributed by atoms with Gasteiger partial charge in [0.2, 0.25) is 0 Å². The number of nitrogens with one attached hydrogen (secondary N) is 2. The molecule has 0 aliphatic heterocycles. The maximum Gasteiger partial charge on any atom is 0.253 e. The number of hydrogen-bond donors (Lipinski definition) is 2. The van der Waals surface area contributed by atoms with Crippen molar-refractivity contribution in [3.8, 4) is 0 Å². The van der Waals surface area contributed by atoms with Gasteiger partial charge in [-0.05, 0) is 5.39 Å². The number of aromatic nitrogens is 4. The van der Waals surface area contributed by atoms with E-state index in [1.807, 2.05) is 24.3 Å². The second-order valence-electron chi connectivity index (χ2n) is 4.45. The maximum absolute atomic E-state index is 12.3. The molecule has 3 aromatic rings. The van der Waals surface area contributed by atoms with Crippen LogP contribution in [0.1, 0.15) is 16.2 Å². The number of carbonyl (C=O) groups is 1. The molecule has 2 N–H and O–H groups in total. The number of pyridine rings is 1. The van der Waals surface area contributed by atoms with Gasteiger partial charge in [-0.25, -0.2) is 9.97 Å². The Morgan fingerprint density at radius 1 is 1.24 bits per heavy atom. The van der Waals surface area contributed by atoms with E-state index in [9.17, 15) is 4.79 Å². The van der Waals surface area contributed by atoms with Gasteiger partial charge in [0.1, 0.15) is 17.3 Å². The lowest BCUT2D eigenvalue weighted by Crippen LogP contribution is -2.26. The van der Waals surface area contributed by atoms with Gasteiger partial charge in [0.25, 0.3) is 5.91 Å². The summed E-state index contributed by atoms with van der Waals surface area (Å²) >= 11 is 6.04. The van der Waals surface area contributed by atoms with Crippen LogP contribution in [0.15, 0.2) is 36.8 Å². The van der Waals surface area contributed by atoms with E-state index >= 15 is 0 Å². The topological polar surface area (TPSA) is 83.6 Å². The largest absolute Gasteiger partial charge is 0.352 e. The molecule has 2 aromatic heterocycles. The first kappa shape index (κ1) is 13.5. The van der Waals surface area contributed by atoms with E-state index in [0.29, 0.717) is 23.7 Å². The minimum absolute atomic E-state index is 0.185. The van der Waals surface area contributed by atoms with Gasteiger partial charge in [-0.3, -0.25) is 9.89 Å². The number of carbonyl (C=O) groups excluding carboxylic acids is 1. The van der Waals surface area contributed by atoms with Gasteiger partial charge in [-0.1, -0.05) is 35.9 Å². The fourth-order valence-corrected chi connectivity index (χ4v) is 2.29. The molecule has 0 aliphatic rings. The van der Waals surface area contributed by atoms with Crippen molar-refractivity contribution in [2.45, 2.75) is 6.42 Å². The van der Waals surface area contributed by atoms with E-state index in [4.69, 9.17) is 11.6 Å². The van der Waals surface area contributed by atoms with Crippen LogP contribution in [0.3, 0.4) is 0 Å². The van der Waals surface area contributed by atoms with Crippen molar-refractivity contribution in [3.05, 3.63) is 53.3 Å². The van der Waals surface area contributed by atoms with Crippen molar-refractivity contribution in [2.24, 2.45) is 0 Å². The van der Waals surface area contributed by atoms with Crippen LogP contribution in [0.25, 0.3) is 10.8 Å². The Hall–Kier alpha value is -2.47. The van der Waals surface area contributed by atoms with E-state index in [1.54, 1.807) is 0 Å². The Morgan fingerprint density at radius 3 is 2.81 bits per heavy atom. The van der Waals surface area contributed by atoms with Crippen LogP contribution < -0.4 is 5.32 Å². The molecule has 0 bridgehead atoms. The van der Waals surface area contributed by atoms with Crippen molar-refractivity contribution < 1.29 is 4.79 Å². The monoisotopic (exact) mass is 301 g/mol. The lowest BCUT2D eigenvalue weighted by atomic mass is 10.1. The lowest BCUT2D eigenvalue weighted by Gasteiger charge is -2.08. The first-order valence-electron chi connectivity index (χ1n) is 6.41. The number of H-pyrrole nitrogens is 1. The molecule has 0 radical (unpaired) electrons. The molecular weight excluding hydrogens is 290 g/mol. The molecular formula is C14H12ClN5O. The summed E-state index contributed by atoms with van der Waals surface area (Å²) in [6.45, 7) is 0.463. The molecule has 7 heteroatoms. The second-order valence-corrected chi connectivity index (χ2v) is 4.80. The third-order valence-electron chi connectivity index (χ3n) is 3.10. The highest BCUT2D eigenvalue weighted by Crippen LogP contribution is 2.23. The quantitative estimate of drug-likeness (QED) is 0.722. The van der Waals surface area contributed by atoms with E-state index < -0.39 is 0 Å². The predicted molar refractivity (Wildman–Crippen MR) is 79.2 cm³/mol. The summed E-state index contributed by atoms with van der Waals surface area (Å²) in [5, 5.41) is 11.3. The van der Waals surface area contributed by atoms with Crippen LogP contribution in [0.2, 0.25) is 5.15 Å². The Bertz CT molecular complexity index is 772. The van der Waals surface area contributed by atoms with Gasteiger partial charge < -0.3 is 5.32 Å². The number of amides is 1. The Morgan fingerprint density at radius 2 is 2.05 bits per heavy atom. The molecule has 0 aliphatic carbocycles. The van der Waals surface area contributed by atoms with E-state index in [0.717, 1.165) is 16.6 Å². The fraction of sp³-hybridized carbons (Fsp3) is 0.143. The van der Waals surface area contributed by atoms with E-state index in [2.05, 4.69) is 25.5 Å². The van der Waals surface area contributed by atoms with Gasteiger partial charge in [0.15, 0.2) is 0 Å². The highest BCUT2D eigenvalue weighted by molar-refractivity contribution is 6.34. The van der Waals surface area contributed by atoms with Crippen LogP contribution in [-0.4, -0.2) is 32.6 Å². The zero-order chi connectivity index (χ0) is 14.7. The smallest absolute Gasteiger partial charge is 0.253 e. The van der Waals surface area contributed by atoms with Crippen molar-refractivity contribution in [3.63, 3.8) is 0 Å². The minimum atomic E-state index is -0.185. The summed E-state index contributed by atoms with van der Waals surface area (Å²) in [7, 11) is 0. The summed E-state index contributed by atoms with van der Waals surface area (Å²) in [5.74, 6) is 0.546. The number of halogens is 1. The van der Waals surface area contributed by atoms with Gasteiger partial charge in [-0.2, -0.15) is 5.10 Å². The maximum atomic E-state index is 12.3. The molecule has 1 amide bonds. The van der Waals surface area contributed by atoms with E-state index in [-0.39, 0.29) is 5.91 Å². The SMILES string of the molecule is O=C(NCCc1ncn[nH]1)c1cnc(Cl)c2ccccc12. The molecule has 0 unspecified atom stereocenters. The molecule has 2 heterocycles. The normalized spacial score (nSPS) is 10.7. The summed E-state index contributed by atoms with van der Waals surface area (Å²) in [6, 6.07) is 7.43. The zero-order valence-electron chi connectivity index (χ0n) is 11.0. The zero-order valence-corrected chi connectivity index (χ0v) is 11.8. The van der Waals surface area contributed by atoms with E-state index in [1.165, 1.54) is 12.5 Å². The summed E-state index contributed by atoms with van der Waals surface area (Å²) in [4.78, 5) is 20.3. The molecule has 21 heavy (non-hydrogen) atoms. The van der Waals surface area contributed by atoms with Crippen molar-refractivity contribution in [1.29, 1.82) is 0 Å². The summed E-state index contributed by atoms with van der Waals surface area (Å²) in [6.07, 6.45) is 3.52. The fourth-order valence-electron chi connectivity index (χ4n) is 2.08. The molecule has 0 spiro atoms. The summed E-state index contributed by atoms with van der Waals surface area (Å²) in [5.41, 5.74) is 0.507. The van der Waals surface area contributed by atoms with Crippen molar-refractivity contribution >= 4 is 28.3 Å². The van der Waals surface area contributed by atoms with Crippen molar-refractivity contribution in [2.75, 3.05) is 6.54 Å². The van der Waals surface area contributed by atoms with Crippen LogP contribution in [0.5, 0.6) is 0 Å². The average molecular weight is 302 g/mol. The molecule has 106 valence electrons. The molecule has 0 atom stereocenters. The van der Waals surface area contributed by atoms with Crippen LogP contribution in [0.4, 0.5) is 0 Å². The lowest BCUT2D eigenvalue weighted by molar-refractivity contribution is 0.0955. The van der Waals surface area contributed by atoms with Crippen LogP contribution in [-0.2, 0) is 6.42 Å². The van der Waals surface area contributed by atoms with Gasteiger partial charge in [0, 0.05) is 24.5 Å².